The van der Waals surface area contributed by atoms with Crippen molar-refractivity contribution in [2.24, 2.45) is 5.73 Å². The number of hydrogen-bond donors (Lipinski definition) is 1. The molecule has 1 aromatic heterocycles. The van der Waals surface area contributed by atoms with Crippen molar-refractivity contribution in [3.05, 3.63) is 70.4 Å². The van der Waals surface area contributed by atoms with Crippen molar-refractivity contribution in [2.45, 2.75) is 13.1 Å². The molecule has 3 aromatic rings. The lowest BCUT2D eigenvalue weighted by molar-refractivity contribution is 0.829. The molecule has 2 N–H and O–H groups in total. The first-order valence-corrected chi connectivity index (χ1v) is 7.06. The fraction of sp³-hybridized carbons (Fsp3) is 0.118. The summed E-state index contributed by atoms with van der Waals surface area (Å²) in [7, 11) is 0. The van der Waals surface area contributed by atoms with Crippen LogP contribution < -0.4 is 5.73 Å². The van der Waals surface area contributed by atoms with Gasteiger partial charge in [0.15, 0.2) is 0 Å². The second-order valence-corrected chi connectivity index (χ2v) is 5.33. The standard InChI is InChI=1S/C17H14ClN3/c18-16-7-12(8-19)5-6-13(16)10-21-11-14(9-20)15-3-1-2-4-17(15)21/h1-7,11H,9-10,20H2. The number of para-hydroxylation sites is 1. The number of hydrogen-bond acceptors (Lipinski definition) is 2. The minimum absolute atomic E-state index is 0.509. The van der Waals surface area contributed by atoms with Gasteiger partial charge in [-0.1, -0.05) is 35.9 Å². The van der Waals surface area contributed by atoms with E-state index in [1.165, 1.54) is 5.39 Å². The first kappa shape index (κ1) is 13.7. The maximum Gasteiger partial charge on any atom is 0.0992 e. The molecule has 0 atom stereocenters. The van der Waals surface area contributed by atoms with Crippen LogP contribution in [0.15, 0.2) is 48.7 Å². The number of benzene rings is 2. The Morgan fingerprint density at radius 1 is 1.14 bits per heavy atom. The molecular formula is C17H14ClN3. The second-order valence-electron chi connectivity index (χ2n) is 4.92. The van der Waals surface area contributed by atoms with Crippen LogP contribution in [0.3, 0.4) is 0 Å². The SMILES string of the molecule is N#Cc1ccc(Cn2cc(CN)c3ccccc32)c(Cl)c1. The Bertz CT molecular complexity index is 843. The van der Waals surface area contributed by atoms with Crippen LogP contribution in [-0.2, 0) is 13.1 Å². The van der Waals surface area contributed by atoms with Crippen LogP contribution in [0.5, 0.6) is 0 Å². The van der Waals surface area contributed by atoms with Gasteiger partial charge in [0.05, 0.1) is 11.6 Å². The lowest BCUT2D eigenvalue weighted by Gasteiger charge is -2.08. The van der Waals surface area contributed by atoms with Crippen molar-refractivity contribution in [3.8, 4) is 6.07 Å². The Morgan fingerprint density at radius 2 is 1.95 bits per heavy atom. The van der Waals surface area contributed by atoms with E-state index in [0.717, 1.165) is 16.6 Å². The van der Waals surface area contributed by atoms with Crippen LogP contribution in [0, 0.1) is 11.3 Å². The maximum atomic E-state index is 8.89. The fourth-order valence-electron chi connectivity index (χ4n) is 2.54. The zero-order chi connectivity index (χ0) is 14.8. The Morgan fingerprint density at radius 3 is 2.67 bits per heavy atom. The highest BCUT2D eigenvalue weighted by molar-refractivity contribution is 6.31. The topological polar surface area (TPSA) is 54.7 Å². The van der Waals surface area contributed by atoms with Crippen LogP contribution in [0.4, 0.5) is 0 Å². The minimum atomic E-state index is 0.509. The van der Waals surface area contributed by atoms with Gasteiger partial charge >= 0.3 is 0 Å². The highest BCUT2D eigenvalue weighted by atomic mass is 35.5. The van der Waals surface area contributed by atoms with Crippen molar-refractivity contribution in [3.63, 3.8) is 0 Å². The van der Waals surface area contributed by atoms with E-state index in [0.29, 0.717) is 23.7 Å². The van der Waals surface area contributed by atoms with Crippen LogP contribution in [0.25, 0.3) is 10.9 Å². The Kier molecular flexibility index (Phi) is 3.66. The third-order valence-corrected chi connectivity index (χ3v) is 3.97. The number of fused-ring (bicyclic) bond motifs is 1. The average Bonchev–Trinajstić information content (AvgIpc) is 2.87. The van der Waals surface area contributed by atoms with E-state index in [4.69, 9.17) is 22.6 Å². The second kappa shape index (κ2) is 5.61. The third-order valence-electron chi connectivity index (χ3n) is 3.61. The van der Waals surface area contributed by atoms with Crippen LogP contribution in [0.1, 0.15) is 16.7 Å². The predicted octanol–water partition coefficient (Wildman–Crippen LogP) is 3.67. The van der Waals surface area contributed by atoms with Gasteiger partial charge in [-0.15, -0.1) is 0 Å². The number of nitrogens with two attached hydrogens (primary N) is 1. The Labute approximate surface area is 128 Å². The average molecular weight is 296 g/mol. The van der Waals surface area contributed by atoms with Gasteiger partial charge in [-0.2, -0.15) is 5.26 Å². The van der Waals surface area contributed by atoms with E-state index < -0.39 is 0 Å². The molecule has 1 heterocycles. The first-order valence-electron chi connectivity index (χ1n) is 6.68. The summed E-state index contributed by atoms with van der Waals surface area (Å²) < 4.78 is 2.14. The minimum Gasteiger partial charge on any atom is -0.343 e. The molecule has 0 saturated carbocycles. The molecular weight excluding hydrogens is 282 g/mol. The van der Waals surface area contributed by atoms with Crippen LogP contribution >= 0.6 is 11.6 Å². The van der Waals surface area contributed by atoms with Crippen molar-refractivity contribution in [1.82, 2.24) is 4.57 Å². The van der Waals surface area contributed by atoms with E-state index in [-0.39, 0.29) is 0 Å². The van der Waals surface area contributed by atoms with E-state index >= 15 is 0 Å². The normalized spacial score (nSPS) is 10.7. The van der Waals surface area contributed by atoms with Crippen molar-refractivity contribution in [1.29, 1.82) is 5.26 Å². The highest BCUT2D eigenvalue weighted by Gasteiger charge is 2.09. The highest BCUT2D eigenvalue weighted by Crippen LogP contribution is 2.24. The quantitative estimate of drug-likeness (QED) is 0.801. The number of rotatable bonds is 3. The number of nitriles is 1. The van der Waals surface area contributed by atoms with Crippen LogP contribution in [-0.4, -0.2) is 4.57 Å². The molecule has 0 amide bonds. The molecule has 0 bridgehead atoms. The fourth-order valence-corrected chi connectivity index (χ4v) is 2.79. The molecule has 3 nitrogen and oxygen atoms in total. The van der Waals surface area contributed by atoms with E-state index in [1.54, 1.807) is 12.1 Å². The van der Waals surface area contributed by atoms with Gasteiger partial charge in [0.1, 0.15) is 0 Å². The third kappa shape index (κ3) is 2.52. The van der Waals surface area contributed by atoms with Gasteiger partial charge in [-0.25, -0.2) is 0 Å². The van der Waals surface area contributed by atoms with Crippen molar-refractivity contribution in [2.75, 3.05) is 0 Å². The lowest BCUT2D eigenvalue weighted by atomic mass is 10.1. The monoisotopic (exact) mass is 295 g/mol. The Balaban J connectivity index is 2.04. The van der Waals surface area contributed by atoms with E-state index in [2.05, 4.69) is 29.0 Å². The molecule has 0 spiro atoms. The molecule has 2 aromatic carbocycles. The first-order chi connectivity index (χ1) is 10.2. The molecule has 0 radical (unpaired) electrons. The summed E-state index contributed by atoms with van der Waals surface area (Å²) in [5.74, 6) is 0. The molecule has 104 valence electrons. The molecule has 3 rings (SSSR count). The molecule has 0 aliphatic carbocycles. The van der Waals surface area contributed by atoms with Gasteiger partial charge in [-0.3, -0.25) is 0 Å². The van der Waals surface area contributed by atoms with Crippen LogP contribution in [0.2, 0.25) is 5.02 Å². The zero-order valence-corrected chi connectivity index (χ0v) is 12.1. The lowest BCUT2D eigenvalue weighted by Crippen LogP contribution is -1.99. The molecule has 0 aliphatic rings. The number of aromatic nitrogens is 1. The largest absolute Gasteiger partial charge is 0.343 e. The van der Waals surface area contributed by atoms with Gasteiger partial charge in [-0.05, 0) is 29.3 Å². The smallest absolute Gasteiger partial charge is 0.0992 e. The van der Waals surface area contributed by atoms with Gasteiger partial charge in [0, 0.05) is 35.2 Å². The predicted molar refractivity (Wildman–Crippen MR) is 85.1 cm³/mol. The summed E-state index contributed by atoms with van der Waals surface area (Å²) >= 11 is 6.26. The van der Waals surface area contributed by atoms with E-state index in [9.17, 15) is 0 Å². The molecule has 0 unspecified atom stereocenters. The molecule has 4 heteroatoms. The summed E-state index contributed by atoms with van der Waals surface area (Å²) in [5, 5.41) is 10.7. The summed E-state index contributed by atoms with van der Waals surface area (Å²) in [6.07, 6.45) is 2.07. The summed E-state index contributed by atoms with van der Waals surface area (Å²) in [5.41, 5.74) is 9.63. The van der Waals surface area contributed by atoms with Gasteiger partial charge in [0.2, 0.25) is 0 Å². The summed E-state index contributed by atoms with van der Waals surface area (Å²) in [6.45, 7) is 1.17. The molecule has 0 fully saturated rings. The van der Waals surface area contributed by atoms with E-state index in [1.807, 2.05) is 18.2 Å². The number of nitrogens with zero attached hydrogens (tertiary/aromatic N) is 2. The summed E-state index contributed by atoms with van der Waals surface area (Å²) in [4.78, 5) is 0. The summed E-state index contributed by atoms with van der Waals surface area (Å²) in [6, 6.07) is 15.7. The maximum absolute atomic E-state index is 8.89. The number of halogens is 1. The molecule has 0 saturated heterocycles. The Hall–Kier alpha value is -2.28. The van der Waals surface area contributed by atoms with Crippen molar-refractivity contribution >= 4 is 22.5 Å². The van der Waals surface area contributed by atoms with Gasteiger partial charge < -0.3 is 10.3 Å². The molecule has 0 aliphatic heterocycles. The zero-order valence-electron chi connectivity index (χ0n) is 11.4. The molecule has 21 heavy (non-hydrogen) atoms. The van der Waals surface area contributed by atoms with Crippen molar-refractivity contribution < 1.29 is 0 Å². The van der Waals surface area contributed by atoms with Gasteiger partial charge in [0.25, 0.3) is 0 Å².